The van der Waals surface area contributed by atoms with E-state index in [4.69, 9.17) is 0 Å². The molecule has 1 aliphatic rings. The summed E-state index contributed by atoms with van der Waals surface area (Å²) in [7, 11) is 0. The van der Waals surface area contributed by atoms with Crippen molar-refractivity contribution in [2.45, 2.75) is 66.1 Å². The predicted octanol–water partition coefficient (Wildman–Crippen LogP) is 2.56. The number of hydrogen-bond donors (Lipinski definition) is 3. The van der Waals surface area contributed by atoms with Gasteiger partial charge in [-0.15, -0.1) is 0 Å². The van der Waals surface area contributed by atoms with Gasteiger partial charge in [-0.1, -0.05) is 18.6 Å². The van der Waals surface area contributed by atoms with Crippen LogP contribution in [0.4, 0.5) is 0 Å². The Morgan fingerprint density at radius 2 is 2.07 bits per heavy atom. The van der Waals surface area contributed by atoms with Gasteiger partial charge in [0.1, 0.15) is 0 Å². The van der Waals surface area contributed by atoms with Gasteiger partial charge in [-0.3, -0.25) is 14.5 Å². The summed E-state index contributed by atoms with van der Waals surface area (Å²) in [6.45, 7) is 12.4. The molecule has 1 atom stereocenters. The normalized spacial score (nSPS) is 17.9. The summed E-state index contributed by atoms with van der Waals surface area (Å²) in [5.74, 6) is -0.151. The van der Waals surface area contributed by atoms with Crippen LogP contribution in [0.3, 0.4) is 0 Å². The van der Waals surface area contributed by atoms with Crippen molar-refractivity contribution in [2.75, 3.05) is 13.1 Å². The highest BCUT2D eigenvalue weighted by Crippen LogP contribution is 2.26. The highest BCUT2D eigenvalue weighted by molar-refractivity contribution is 5.90. The zero-order valence-electron chi connectivity index (χ0n) is 17.6. The molecule has 0 saturated carbocycles. The molecule has 1 aromatic heterocycles. The fraction of sp³-hybridized carbons (Fsp3) is 0.545. The molecule has 3 rings (SSSR count). The first kappa shape index (κ1) is 20.4. The molecule has 0 spiro atoms. The van der Waals surface area contributed by atoms with Gasteiger partial charge in [0.2, 0.25) is 11.8 Å². The van der Waals surface area contributed by atoms with E-state index in [0.717, 1.165) is 24.0 Å². The van der Waals surface area contributed by atoms with Gasteiger partial charge in [0.05, 0.1) is 18.0 Å². The molecular weight excluding hydrogens is 352 g/mol. The Labute approximate surface area is 167 Å². The number of carbonyl (C=O) groups excluding carboxylic acids is 2. The van der Waals surface area contributed by atoms with Gasteiger partial charge in [0, 0.05) is 36.8 Å². The van der Waals surface area contributed by atoms with Crippen LogP contribution >= 0.6 is 0 Å². The molecule has 0 unspecified atom stereocenters. The van der Waals surface area contributed by atoms with Crippen LogP contribution in [-0.4, -0.2) is 46.9 Å². The van der Waals surface area contributed by atoms with Crippen molar-refractivity contribution in [3.63, 3.8) is 0 Å². The summed E-state index contributed by atoms with van der Waals surface area (Å²) in [6, 6.07) is 4.14. The number of H-pyrrole nitrogens is 1. The van der Waals surface area contributed by atoms with E-state index in [1.807, 2.05) is 0 Å². The molecule has 6 heteroatoms. The molecule has 0 bridgehead atoms. The van der Waals surface area contributed by atoms with E-state index >= 15 is 0 Å². The number of fused-ring (bicyclic) bond motifs is 1. The van der Waals surface area contributed by atoms with Gasteiger partial charge in [-0.25, -0.2) is 0 Å². The lowest BCUT2D eigenvalue weighted by Gasteiger charge is -2.37. The molecule has 1 fully saturated rings. The zero-order valence-corrected chi connectivity index (χ0v) is 17.6. The number of piperazine rings is 1. The molecule has 1 saturated heterocycles. The number of nitrogens with zero attached hydrogens (tertiary/aromatic N) is 1. The summed E-state index contributed by atoms with van der Waals surface area (Å²) in [6.07, 6.45) is 1.14. The van der Waals surface area contributed by atoms with Crippen LogP contribution in [0.1, 0.15) is 49.6 Å². The minimum atomic E-state index is -0.397. The van der Waals surface area contributed by atoms with Crippen molar-refractivity contribution in [2.24, 2.45) is 0 Å². The lowest BCUT2D eigenvalue weighted by molar-refractivity contribution is -0.134. The van der Waals surface area contributed by atoms with Crippen molar-refractivity contribution in [3.05, 3.63) is 34.5 Å². The molecule has 0 radical (unpaired) electrons. The van der Waals surface area contributed by atoms with Gasteiger partial charge in [0.25, 0.3) is 0 Å². The van der Waals surface area contributed by atoms with E-state index in [-0.39, 0.29) is 24.3 Å². The Bertz CT molecular complexity index is 884. The smallest absolute Gasteiger partial charge is 0.237 e. The van der Waals surface area contributed by atoms with Crippen LogP contribution in [0.2, 0.25) is 0 Å². The molecule has 1 aromatic carbocycles. The Balaban J connectivity index is 1.73. The van der Waals surface area contributed by atoms with Crippen molar-refractivity contribution in [3.8, 4) is 0 Å². The number of rotatable bonds is 6. The zero-order chi connectivity index (χ0) is 20.4. The van der Waals surface area contributed by atoms with E-state index in [0.29, 0.717) is 13.1 Å². The number of aromatic nitrogens is 1. The van der Waals surface area contributed by atoms with E-state index < -0.39 is 6.04 Å². The van der Waals surface area contributed by atoms with Crippen molar-refractivity contribution in [1.29, 1.82) is 0 Å². The Kier molecular flexibility index (Phi) is 6.08. The fourth-order valence-corrected chi connectivity index (χ4v) is 4.21. The summed E-state index contributed by atoms with van der Waals surface area (Å²) in [5, 5.41) is 7.13. The van der Waals surface area contributed by atoms with Crippen LogP contribution in [-0.2, 0) is 22.6 Å². The third kappa shape index (κ3) is 4.07. The molecule has 28 heavy (non-hydrogen) atoms. The number of benzene rings is 1. The molecule has 2 aromatic rings. The number of nitrogens with one attached hydrogen (secondary N) is 3. The molecule has 2 amide bonds. The van der Waals surface area contributed by atoms with Crippen molar-refractivity contribution in [1.82, 2.24) is 20.5 Å². The van der Waals surface area contributed by atoms with Crippen LogP contribution in [0.25, 0.3) is 10.9 Å². The largest absolute Gasteiger partial charge is 0.358 e. The SMILES string of the molecule is CCc1[nH]c2c(CNC(=O)C[C@@H]3C(=O)NCCN3C(C)C)cc(C)cc2c1C. The quantitative estimate of drug-likeness (QED) is 0.716. The average Bonchev–Trinajstić information content (AvgIpc) is 2.97. The summed E-state index contributed by atoms with van der Waals surface area (Å²) >= 11 is 0. The average molecular weight is 385 g/mol. The number of aryl methyl sites for hydroxylation is 3. The first-order valence-corrected chi connectivity index (χ1v) is 10.2. The van der Waals surface area contributed by atoms with Gasteiger partial charge < -0.3 is 15.6 Å². The highest BCUT2D eigenvalue weighted by Gasteiger charge is 2.32. The van der Waals surface area contributed by atoms with E-state index in [1.54, 1.807) is 0 Å². The Morgan fingerprint density at radius 3 is 2.75 bits per heavy atom. The molecule has 1 aliphatic heterocycles. The molecular formula is C22H32N4O2. The highest BCUT2D eigenvalue weighted by atomic mass is 16.2. The van der Waals surface area contributed by atoms with Crippen LogP contribution in [0.5, 0.6) is 0 Å². The maximum absolute atomic E-state index is 12.6. The van der Waals surface area contributed by atoms with Gasteiger partial charge in [0.15, 0.2) is 0 Å². The van der Waals surface area contributed by atoms with Crippen LogP contribution < -0.4 is 10.6 Å². The number of aromatic amines is 1. The predicted molar refractivity (Wildman–Crippen MR) is 112 cm³/mol. The number of hydrogen-bond acceptors (Lipinski definition) is 3. The maximum Gasteiger partial charge on any atom is 0.237 e. The van der Waals surface area contributed by atoms with Crippen molar-refractivity contribution >= 4 is 22.7 Å². The monoisotopic (exact) mass is 384 g/mol. The first-order valence-electron chi connectivity index (χ1n) is 10.2. The number of carbonyl (C=O) groups is 2. The second-order valence-electron chi connectivity index (χ2n) is 8.05. The maximum atomic E-state index is 12.6. The standard InChI is InChI=1S/C22H32N4O2/c1-6-18-15(5)17-10-14(4)9-16(21(17)25-18)12-24-20(27)11-19-22(28)23-7-8-26(19)13(2)3/h9-10,13,19,25H,6-8,11-12H2,1-5H3,(H,23,28)(H,24,27)/t19-/m1/s1. The lowest BCUT2D eigenvalue weighted by atomic mass is 10.0. The molecule has 152 valence electrons. The summed E-state index contributed by atoms with van der Waals surface area (Å²) in [5.41, 5.74) is 5.87. The Hall–Kier alpha value is -2.34. The van der Waals surface area contributed by atoms with Crippen LogP contribution in [0, 0.1) is 13.8 Å². The molecule has 6 nitrogen and oxygen atoms in total. The van der Waals surface area contributed by atoms with Gasteiger partial charge in [-0.2, -0.15) is 0 Å². The Morgan fingerprint density at radius 1 is 1.32 bits per heavy atom. The minimum absolute atomic E-state index is 0.0550. The number of amides is 2. The third-order valence-electron chi connectivity index (χ3n) is 5.74. The molecule has 3 N–H and O–H groups in total. The molecule has 2 heterocycles. The van der Waals surface area contributed by atoms with Gasteiger partial charge >= 0.3 is 0 Å². The summed E-state index contributed by atoms with van der Waals surface area (Å²) in [4.78, 5) is 30.5. The molecule has 0 aliphatic carbocycles. The second kappa shape index (κ2) is 8.35. The van der Waals surface area contributed by atoms with E-state index in [2.05, 4.69) is 67.3 Å². The first-order chi connectivity index (χ1) is 13.3. The van der Waals surface area contributed by atoms with E-state index in [9.17, 15) is 9.59 Å². The van der Waals surface area contributed by atoms with E-state index in [1.165, 1.54) is 22.2 Å². The topological polar surface area (TPSA) is 77.2 Å². The lowest BCUT2D eigenvalue weighted by Crippen LogP contribution is -2.58. The van der Waals surface area contributed by atoms with Crippen molar-refractivity contribution < 1.29 is 9.59 Å². The van der Waals surface area contributed by atoms with Gasteiger partial charge in [-0.05, 0) is 51.3 Å². The third-order valence-corrected chi connectivity index (χ3v) is 5.74. The second-order valence-corrected chi connectivity index (χ2v) is 8.05. The van der Waals surface area contributed by atoms with Crippen LogP contribution in [0.15, 0.2) is 12.1 Å². The summed E-state index contributed by atoms with van der Waals surface area (Å²) < 4.78 is 0. The fourth-order valence-electron chi connectivity index (χ4n) is 4.21. The minimum Gasteiger partial charge on any atom is -0.358 e.